The van der Waals surface area contributed by atoms with Gasteiger partial charge in [0.2, 0.25) is 0 Å². The van der Waals surface area contributed by atoms with Gasteiger partial charge in [-0.1, -0.05) is 42.0 Å². The Balaban J connectivity index is 2.08. The van der Waals surface area contributed by atoms with Crippen LogP contribution in [-0.4, -0.2) is 16.4 Å². The van der Waals surface area contributed by atoms with E-state index in [1.54, 1.807) is 0 Å². The summed E-state index contributed by atoms with van der Waals surface area (Å²) in [4.78, 5) is 25.2. The summed E-state index contributed by atoms with van der Waals surface area (Å²) < 4.78 is 1.98. The molecule has 1 aliphatic heterocycles. The number of nitrogens with zero attached hydrogens (tertiary/aromatic N) is 1. The molecule has 4 heteroatoms. The number of benzene rings is 2. The minimum atomic E-state index is -0.336. The van der Waals surface area contributed by atoms with Crippen LogP contribution in [-0.2, 0) is 16.6 Å². The van der Waals surface area contributed by atoms with Gasteiger partial charge in [0, 0.05) is 29.7 Å². The molecule has 124 valence electrons. The number of carbonyl (C=O) groups is 2. The van der Waals surface area contributed by atoms with Crippen LogP contribution in [0.5, 0.6) is 0 Å². The highest BCUT2D eigenvalue weighted by molar-refractivity contribution is 6.50. The van der Waals surface area contributed by atoms with Crippen molar-refractivity contribution in [2.75, 3.05) is 0 Å². The normalized spacial score (nSPS) is 14.5. The predicted molar refractivity (Wildman–Crippen MR) is 98.8 cm³/mol. The van der Waals surface area contributed by atoms with Crippen molar-refractivity contribution in [1.29, 1.82) is 0 Å². The second-order valence-electron chi connectivity index (χ2n) is 6.52. The number of rotatable bonds is 2. The number of aryl methyl sites for hydroxylation is 3. The summed E-state index contributed by atoms with van der Waals surface area (Å²) in [5.74, 6) is -0.668. The SMILES string of the molecule is Cc1ccc(C)c(C2=C(c3cn(C)c4ccccc34)C(=O)NC2=O)c1. The number of hydrogen-bond donors (Lipinski definition) is 1. The van der Waals surface area contributed by atoms with Gasteiger partial charge in [0.05, 0.1) is 11.1 Å². The zero-order valence-electron chi connectivity index (χ0n) is 14.4. The van der Waals surface area contributed by atoms with Gasteiger partial charge in [-0.2, -0.15) is 0 Å². The molecule has 2 amide bonds. The minimum Gasteiger partial charge on any atom is -0.350 e. The molecule has 0 saturated carbocycles. The van der Waals surface area contributed by atoms with E-state index in [1.807, 2.05) is 74.1 Å². The standard InChI is InChI=1S/C21H18N2O2/c1-12-8-9-13(2)15(10-12)18-19(21(25)22-20(18)24)16-11-23(3)17-7-5-4-6-14(16)17/h4-11H,1-3H3,(H,22,24,25). The topological polar surface area (TPSA) is 51.1 Å². The van der Waals surface area contributed by atoms with E-state index in [1.165, 1.54) is 0 Å². The van der Waals surface area contributed by atoms with Gasteiger partial charge in [0.25, 0.3) is 11.8 Å². The summed E-state index contributed by atoms with van der Waals surface area (Å²) in [6.45, 7) is 3.94. The highest BCUT2D eigenvalue weighted by Crippen LogP contribution is 2.36. The maximum atomic E-state index is 12.6. The van der Waals surface area contributed by atoms with Crippen LogP contribution in [0.3, 0.4) is 0 Å². The van der Waals surface area contributed by atoms with Crippen molar-refractivity contribution in [3.8, 4) is 0 Å². The van der Waals surface area contributed by atoms with Crippen LogP contribution in [0.1, 0.15) is 22.3 Å². The zero-order chi connectivity index (χ0) is 17.7. The molecule has 4 rings (SSSR count). The molecule has 0 spiro atoms. The predicted octanol–water partition coefficient (Wildman–Crippen LogP) is 3.36. The van der Waals surface area contributed by atoms with E-state index in [2.05, 4.69) is 5.32 Å². The van der Waals surface area contributed by atoms with Crippen molar-refractivity contribution >= 4 is 33.9 Å². The lowest BCUT2D eigenvalue weighted by Gasteiger charge is -2.08. The molecule has 2 heterocycles. The van der Waals surface area contributed by atoms with Crippen molar-refractivity contribution < 1.29 is 9.59 Å². The fourth-order valence-corrected chi connectivity index (χ4v) is 3.52. The van der Waals surface area contributed by atoms with Crippen LogP contribution in [0, 0.1) is 13.8 Å². The van der Waals surface area contributed by atoms with E-state index in [0.717, 1.165) is 33.2 Å². The van der Waals surface area contributed by atoms with E-state index in [9.17, 15) is 9.59 Å². The second kappa shape index (κ2) is 5.45. The summed E-state index contributed by atoms with van der Waals surface area (Å²) in [6, 6.07) is 13.8. The molecule has 1 N–H and O–H groups in total. The summed E-state index contributed by atoms with van der Waals surface area (Å²) >= 11 is 0. The Labute approximate surface area is 145 Å². The molecule has 3 aromatic rings. The van der Waals surface area contributed by atoms with Crippen LogP contribution in [0.4, 0.5) is 0 Å². The fourth-order valence-electron chi connectivity index (χ4n) is 3.52. The van der Waals surface area contributed by atoms with Gasteiger partial charge in [-0.15, -0.1) is 0 Å². The van der Waals surface area contributed by atoms with Gasteiger partial charge in [-0.3, -0.25) is 14.9 Å². The van der Waals surface area contributed by atoms with Gasteiger partial charge < -0.3 is 4.57 Å². The number of nitrogens with one attached hydrogen (secondary N) is 1. The largest absolute Gasteiger partial charge is 0.350 e. The molecule has 0 unspecified atom stereocenters. The van der Waals surface area contributed by atoms with E-state index in [0.29, 0.717) is 11.1 Å². The van der Waals surface area contributed by atoms with E-state index in [4.69, 9.17) is 0 Å². The number of carbonyl (C=O) groups excluding carboxylic acids is 2. The molecular weight excluding hydrogens is 312 g/mol. The van der Waals surface area contributed by atoms with E-state index >= 15 is 0 Å². The van der Waals surface area contributed by atoms with Gasteiger partial charge in [0.1, 0.15) is 0 Å². The molecule has 0 bridgehead atoms. The molecule has 0 radical (unpaired) electrons. The summed E-state index contributed by atoms with van der Waals surface area (Å²) in [6.07, 6.45) is 1.92. The Morgan fingerprint density at radius 2 is 1.56 bits per heavy atom. The van der Waals surface area contributed by atoms with Crippen molar-refractivity contribution in [2.45, 2.75) is 13.8 Å². The van der Waals surface area contributed by atoms with E-state index < -0.39 is 0 Å². The molecule has 1 aromatic heterocycles. The monoisotopic (exact) mass is 330 g/mol. The summed E-state index contributed by atoms with van der Waals surface area (Å²) in [5.41, 5.74) is 5.57. The van der Waals surface area contributed by atoms with Crippen LogP contribution in [0.15, 0.2) is 48.7 Å². The van der Waals surface area contributed by atoms with Crippen molar-refractivity contribution in [3.05, 3.63) is 70.9 Å². The quantitative estimate of drug-likeness (QED) is 0.733. The third-order valence-electron chi connectivity index (χ3n) is 4.76. The molecular formula is C21H18N2O2. The first kappa shape index (κ1) is 15.4. The van der Waals surface area contributed by atoms with Crippen molar-refractivity contribution in [1.82, 2.24) is 9.88 Å². The molecule has 0 fully saturated rings. The van der Waals surface area contributed by atoms with Crippen LogP contribution in [0.2, 0.25) is 0 Å². The van der Waals surface area contributed by atoms with Crippen LogP contribution >= 0.6 is 0 Å². The zero-order valence-corrected chi connectivity index (χ0v) is 14.4. The van der Waals surface area contributed by atoms with Crippen LogP contribution in [0.25, 0.3) is 22.0 Å². The maximum absolute atomic E-state index is 12.6. The molecule has 0 aliphatic carbocycles. The number of aromatic nitrogens is 1. The van der Waals surface area contributed by atoms with Crippen molar-refractivity contribution in [3.63, 3.8) is 0 Å². The Kier molecular flexibility index (Phi) is 3.35. The Bertz CT molecular complexity index is 1090. The molecule has 0 atom stereocenters. The number of imide groups is 1. The van der Waals surface area contributed by atoms with E-state index in [-0.39, 0.29) is 11.8 Å². The molecule has 1 aliphatic rings. The second-order valence-corrected chi connectivity index (χ2v) is 6.52. The van der Waals surface area contributed by atoms with Crippen LogP contribution < -0.4 is 5.32 Å². The van der Waals surface area contributed by atoms with Gasteiger partial charge >= 0.3 is 0 Å². The number of para-hydroxylation sites is 1. The summed E-state index contributed by atoms with van der Waals surface area (Å²) in [7, 11) is 1.94. The lowest BCUT2D eigenvalue weighted by atomic mass is 9.92. The number of hydrogen-bond acceptors (Lipinski definition) is 2. The highest BCUT2D eigenvalue weighted by atomic mass is 16.2. The fraction of sp³-hybridized carbons (Fsp3) is 0.143. The Morgan fingerprint density at radius 3 is 2.32 bits per heavy atom. The first-order valence-electron chi connectivity index (χ1n) is 8.19. The number of fused-ring (bicyclic) bond motifs is 1. The average molecular weight is 330 g/mol. The average Bonchev–Trinajstić information content (AvgIpc) is 3.06. The highest BCUT2D eigenvalue weighted by Gasteiger charge is 2.34. The van der Waals surface area contributed by atoms with Gasteiger partial charge in [-0.25, -0.2) is 0 Å². The smallest absolute Gasteiger partial charge is 0.259 e. The first-order chi connectivity index (χ1) is 12.0. The third kappa shape index (κ3) is 2.30. The molecule has 4 nitrogen and oxygen atoms in total. The summed E-state index contributed by atoms with van der Waals surface area (Å²) in [5, 5.41) is 3.44. The Hall–Kier alpha value is -3.14. The molecule has 25 heavy (non-hydrogen) atoms. The molecule has 2 aromatic carbocycles. The lowest BCUT2D eigenvalue weighted by Crippen LogP contribution is -2.22. The lowest BCUT2D eigenvalue weighted by molar-refractivity contribution is -0.122. The Morgan fingerprint density at radius 1 is 0.880 bits per heavy atom. The third-order valence-corrected chi connectivity index (χ3v) is 4.76. The van der Waals surface area contributed by atoms with Gasteiger partial charge in [0.15, 0.2) is 0 Å². The maximum Gasteiger partial charge on any atom is 0.259 e. The minimum absolute atomic E-state index is 0.332. The first-order valence-corrected chi connectivity index (χ1v) is 8.19. The van der Waals surface area contributed by atoms with Gasteiger partial charge in [-0.05, 0) is 31.0 Å². The number of amides is 2. The molecule has 0 saturated heterocycles. The van der Waals surface area contributed by atoms with Crippen molar-refractivity contribution in [2.24, 2.45) is 7.05 Å².